The van der Waals surface area contributed by atoms with Crippen molar-refractivity contribution in [3.8, 4) is 11.5 Å². The zero-order valence-corrected chi connectivity index (χ0v) is 12.6. The fourth-order valence-corrected chi connectivity index (χ4v) is 1.74. The molecule has 0 aliphatic carbocycles. The van der Waals surface area contributed by atoms with E-state index in [0.717, 1.165) is 5.75 Å². The molecular weight excluding hydrogens is 294 g/mol. The number of nitrogens with zero attached hydrogens (tertiary/aromatic N) is 2. The highest BCUT2D eigenvalue weighted by Gasteiger charge is 1.97. The van der Waals surface area contributed by atoms with Crippen LogP contribution in [0.15, 0.2) is 64.6 Å². The first-order valence-corrected chi connectivity index (χ1v) is 6.98. The molecule has 0 unspecified atom stereocenters. The second kappa shape index (κ2) is 8.28. The topological polar surface area (TPSA) is 121 Å². The lowest BCUT2D eigenvalue weighted by molar-refractivity contribution is 0.217. The molecule has 0 radical (unpaired) electrons. The number of rotatable bonds is 6. The van der Waals surface area contributed by atoms with E-state index in [-0.39, 0.29) is 11.9 Å². The SMILES string of the molecule is NC(N)=NC(N)=Nc1ccc(OCCOc2ccccc2)cc1. The molecular formula is C16H19N5O2. The molecule has 2 aromatic rings. The van der Waals surface area contributed by atoms with Crippen molar-refractivity contribution in [2.45, 2.75) is 0 Å². The third-order valence-electron chi connectivity index (χ3n) is 2.69. The molecule has 0 aliphatic heterocycles. The van der Waals surface area contributed by atoms with E-state index in [0.29, 0.717) is 24.7 Å². The van der Waals surface area contributed by atoms with Crippen LogP contribution in [0.4, 0.5) is 5.69 Å². The first kappa shape index (κ1) is 16.2. The van der Waals surface area contributed by atoms with Crippen molar-refractivity contribution in [3.63, 3.8) is 0 Å². The van der Waals surface area contributed by atoms with Crippen LogP contribution in [0.1, 0.15) is 0 Å². The molecule has 0 spiro atoms. The fourth-order valence-electron chi connectivity index (χ4n) is 1.74. The largest absolute Gasteiger partial charge is 0.490 e. The molecule has 0 heterocycles. The Morgan fingerprint density at radius 1 is 0.783 bits per heavy atom. The van der Waals surface area contributed by atoms with Crippen molar-refractivity contribution in [3.05, 3.63) is 54.6 Å². The summed E-state index contributed by atoms with van der Waals surface area (Å²) < 4.78 is 11.1. The number of para-hydroxylation sites is 1. The summed E-state index contributed by atoms with van der Waals surface area (Å²) in [6, 6.07) is 16.6. The van der Waals surface area contributed by atoms with Crippen LogP contribution in [0.2, 0.25) is 0 Å². The molecule has 0 aliphatic rings. The van der Waals surface area contributed by atoms with Gasteiger partial charge in [0.15, 0.2) is 5.96 Å². The van der Waals surface area contributed by atoms with Crippen LogP contribution in [-0.4, -0.2) is 25.1 Å². The van der Waals surface area contributed by atoms with E-state index >= 15 is 0 Å². The highest BCUT2D eigenvalue weighted by Crippen LogP contribution is 2.18. The van der Waals surface area contributed by atoms with E-state index in [1.54, 1.807) is 24.3 Å². The molecule has 0 aromatic heterocycles. The summed E-state index contributed by atoms with van der Waals surface area (Å²) in [5.74, 6) is 1.39. The zero-order valence-electron chi connectivity index (χ0n) is 12.6. The van der Waals surface area contributed by atoms with Crippen molar-refractivity contribution in [1.29, 1.82) is 0 Å². The van der Waals surface area contributed by atoms with E-state index in [4.69, 9.17) is 26.7 Å². The average molecular weight is 313 g/mol. The minimum absolute atomic E-state index is 0.00469. The number of hydrogen-bond acceptors (Lipinski definition) is 3. The number of aliphatic imine (C=N–C) groups is 2. The number of benzene rings is 2. The lowest BCUT2D eigenvalue weighted by atomic mass is 10.3. The van der Waals surface area contributed by atoms with Crippen LogP contribution in [0.3, 0.4) is 0 Å². The number of nitrogens with two attached hydrogens (primary N) is 3. The van der Waals surface area contributed by atoms with Crippen LogP contribution in [-0.2, 0) is 0 Å². The first-order chi connectivity index (χ1) is 11.1. The van der Waals surface area contributed by atoms with Gasteiger partial charge in [-0.3, -0.25) is 0 Å². The second-order valence-electron chi connectivity index (χ2n) is 4.51. The van der Waals surface area contributed by atoms with Crippen LogP contribution < -0.4 is 26.7 Å². The Bertz CT molecular complexity index is 665. The van der Waals surface area contributed by atoms with Crippen molar-refractivity contribution >= 4 is 17.6 Å². The van der Waals surface area contributed by atoms with Gasteiger partial charge in [-0.05, 0) is 36.4 Å². The van der Waals surface area contributed by atoms with Gasteiger partial charge in [0, 0.05) is 0 Å². The molecule has 120 valence electrons. The quantitative estimate of drug-likeness (QED) is 0.422. The molecule has 0 saturated heterocycles. The maximum absolute atomic E-state index is 5.58. The minimum atomic E-state index is -0.135. The molecule has 23 heavy (non-hydrogen) atoms. The first-order valence-electron chi connectivity index (χ1n) is 6.98. The third-order valence-corrected chi connectivity index (χ3v) is 2.69. The van der Waals surface area contributed by atoms with Gasteiger partial charge < -0.3 is 26.7 Å². The van der Waals surface area contributed by atoms with E-state index in [9.17, 15) is 0 Å². The monoisotopic (exact) mass is 313 g/mol. The second-order valence-corrected chi connectivity index (χ2v) is 4.51. The maximum atomic E-state index is 5.58. The molecule has 0 bridgehead atoms. The Hall–Kier alpha value is -3.22. The Morgan fingerprint density at radius 2 is 1.35 bits per heavy atom. The predicted molar refractivity (Wildman–Crippen MR) is 91.0 cm³/mol. The number of ether oxygens (including phenoxy) is 2. The van der Waals surface area contributed by atoms with Gasteiger partial charge in [-0.1, -0.05) is 18.2 Å². The lowest BCUT2D eigenvalue weighted by Crippen LogP contribution is -2.26. The van der Waals surface area contributed by atoms with E-state index in [1.807, 2.05) is 30.3 Å². The minimum Gasteiger partial charge on any atom is -0.490 e. The van der Waals surface area contributed by atoms with Crippen molar-refractivity contribution in [2.75, 3.05) is 13.2 Å². The summed E-state index contributed by atoms with van der Waals surface area (Å²) in [7, 11) is 0. The van der Waals surface area contributed by atoms with Gasteiger partial charge >= 0.3 is 0 Å². The summed E-state index contributed by atoms with van der Waals surface area (Å²) in [5.41, 5.74) is 16.6. The van der Waals surface area contributed by atoms with E-state index in [2.05, 4.69) is 9.98 Å². The highest BCUT2D eigenvalue weighted by atomic mass is 16.5. The van der Waals surface area contributed by atoms with Gasteiger partial charge in [0.2, 0.25) is 5.96 Å². The summed E-state index contributed by atoms with van der Waals surface area (Å²) in [5, 5.41) is 0. The third kappa shape index (κ3) is 5.96. The molecule has 2 rings (SSSR count). The lowest BCUT2D eigenvalue weighted by Gasteiger charge is -2.08. The highest BCUT2D eigenvalue weighted by molar-refractivity contribution is 5.93. The molecule has 2 aromatic carbocycles. The van der Waals surface area contributed by atoms with Crippen molar-refractivity contribution < 1.29 is 9.47 Å². The van der Waals surface area contributed by atoms with Crippen molar-refractivity contribution in [1.82, 2.24) is 0 Å². The Labute approximate surface area is 134 Å². The van der Waals surface area contributed by atoms with Gasteiger partial charge in [0.25, 0.3) is 0 Å². The molecule has 0 saturated carbocycles. The van der Waals surface area contributed by atoms with Gasteiger partial charge in [0.1, 0.15) is 24.7 Å². The molecule has 6 N–H and O–H groups in total. The van der Waals surface area contributed by atoms with Crippen LogP contribution in [0.25, 0.3) is 0 Å². The molecule has 7 nitrogen and oxygen atoms in total. The summed E-state index contributed by atoms with van der Waals surface area (Å²) in [6.07, 6.45) is 0. The molecule has 0 amide bonds. The molecule has 7 heteroatoms. The Balaban J connectivity index is 1.80. The Morgan fingerprint density at radius 3 is 1.91 bits per heavy atom. The normalized spacial score (nSPS) is 10.9. The fraction of sp³-hybridized carbons (Fsp3) is 0.125. The molecule has 0 atom stereocenters. The summed E-state index contributed by atoms with van der Waals surface area (Å²) in [4.78, 5) is 7.68. The van der Waals surface area contributed by atoms with Gasteiger partial charge in [-0.25, -0.2) is 4.99 Å². The van der Waals surface area contributed by atoms with Gasteiger partial charge in [-0.2, -0.15) is 4.99 Å². The van der Waals surface area contributed by atoms with E-state index < -0.39 is 0 Å². The zero-order chi connectivity index (χ0) is 16.5. The van der Waals surface area contributed by atoms with Crippen LogP contribution in [0, 0.1) is 0 Å². The molecule has 0 fully saturated rings. The van der Waals surface area contributed by atoms with Crippen LogP contribution >= 0.6 is 0 Å². The summed E-state index contributed by atoms with van der Waals surface area (Å²) >= 11 is 0. The van der Waals surface area contributed by atoms with Crippen LogP contribution in [0.5, 0.6) is 11.5 Å². The number of hydrogen-bond donors (Lipinski definition) is 3. The van der Waals surface area contributed by atoms with E-state index in [1.165, 1.54) is 0 Å². The summed E-state index contributed by atoms with van der Waals surface area (Å²) in [6.45, 7) is 0.898. The maximum Gasteiger partial charge on any atom is 0.223 e. The smallest absolute Gasteiger partial charge is 0.223 e. The Kier molecular flexibility index (Phi) is 5.81. The van der Waals surface area contributed by atoms with Gasteiger partial charge in [-0.15, -0.1) is 0 Å². The standard InChI is InChI=1S/C16H19N5O2/c17-15(18)21-16(19)20-12-6-8-14(9-7-12)23-11-10-22-13-4-2-1-3-5-13/h1-9H,10-11H2,(H6,17,18,19,20,21). The average Bonchev–Trinajstić information content (AvgIpc) is 2.53. The van der Waals surface area contributed by atoms with Gasteiger partial charge in [0.05, 0.1) is 5.69 Å². The predicted octanol–water partition coefficient (Wildman–Crippen LogP) is 1.36. The van der Waals surface area contributed by atoms with Crippen molar-refractivity contribution in [2.24, 2.45) is 27.2 Å². The number of guanidine groups is 2.